The van der Waals surface area contributed by atoms with Crippen molar-refractivity contribution >= 4 is 23.0 Å². The topological polar surface area (TPSA) is 103 Å². The van der Waals surface area contributed by atoms with Crippen LogP contribution in [0.3, 0.4) is 0 Å². The number of hydrogen-bond acceptors (Lipinski definition) is 10. The molecule has 1 aromatic heterocycles. The van der Waals surface area contributed by atoms with Crippen LogP contribution in [0.4, 0.5) is 23.0 Å². The van der Waals surface area contributed by atoms with Gasteiger partial charge in [0.1, 0.15) is 12.4 Å². The number of benzene rings is 2. The van der Waals surface area contributed by atoms with Crippen LogP contribution in [0.25, 0.3) is 11.4 Å². The minimum Gasteiger partial charge on any atom is -0.378 e. The van der Waals surface area contributed by atoms with Crippen molar-refractivity contribution in [1.29, 1.82) is 5.26 Å². The van der Waals surface area contributed by atoms with Crippen LogP contribution >= 0.6 is 0 Å². The molecule has 0 amide bonds. The van der Waals surface area contributed by atoms with E-state index < -0.39 is 0 Å². The molecule has 10 nitrogen and oxygen atoms in total. The van der Waals surface area contributed by atoms with E-state index in [4.69, 9.17) is 9.47 Å². The van der Waals surface area contributed by atoms with Gasteiger partial charge in [-0.25, -0.2) is 9.97 Å². The van der Waals surface area contributed by atoms with E-state index in [1.165, 1.54) is 12.0 Å². The number of nitrogens with one attached hydrogen (secondary N) is 1. The Hall–Kier alpha value is -3.78. The van der Waals surface area contributed by atoms with E-state index in [9.17, 15) is 5.26 Å². The molecule has 3 fully saturated rings. The number of aromatic nitrogens is 3. The van der Waals surface area contributed by atoms with Crippen LogP contribution in [0.15, 0.2) is 48.8 Å². The highest BCUT2D eigenvalue weighted by atomic mass is 16.5. The van der Waals surface area contributed by atoms with Crippen molar-refractivity contribution in [2.24, 2.45) is 0 Å². The van der Waals surface area contributed by atoms with Crippen LogP contribution in [-0.4, -0.2) is 91.6 Å². The van der Waals surface area contributed by atoms with E-state index >= 15 is 0 Å². The van der Waals surface area contributed by atoms with Crippen LogP contribution in [0.1, 0.15) is 5.56 Å². The summed E-state index contributed by atoms with van der Waals surface area (Å²) in [6.45, 7) is 7.51. The maximum absolute atomic E-state index is 9.71. The molecule has 3 aromatic rings. The molecule has 2 aromatic carbocycles. The second-order valence-corrected chi connectivity index (χ2v) is 9.63. The number of piperazine rings is 1. The van der Waals surface area contributed by atoms with Gasteiger partial charge in [0.25, 0.3) is 0 Å². The van der Waals surface area contributed by atoms with Crippen LogP contribution in [0.5, 0.6) is 0 Å². The lowest BCUT2D eigenvalue weighted by Gasteiger charge is -2.43. The second kappa shape index (κ2) is 10.3. The van der Waals surface area contributed by atoms with Gasteiger partial charge in [0, 0.05) is 63.3 Å². The number of methoxy groups -OCH3 is 1. The summed E-state index contributed by atoms with van der Waals surface area (Å²) in [5.74, 6) is 0.979. The van der Waals surface area contributed by atoms with E-state index in [0.717, 1.165) is 69.4 Å². The quantitative estimate of drug-likeness (QED) is 0.523. The molecule has 3 aliphatic heterocycles. The van der Waals surface area contributed by atoms with E-state index in [0.29, 0.717) is 23.4 Å². The highest BCUT2D eigenvalue weighted by molar-refractivity contribution is 5.69. The summed E-state index contributed by atoms with van der Waals surface area (Å²) in [6.07, 6.45) is 1.71. The van der Waals surface area contributed by atoms with Crippen LogP contribution < -0.4 is 15.1 Å². The number of nitriles is 1. The average molecular weight is 499 g/mol. The maximum atomic E-state index is 9.71. The first-order valence-corrected chi connectivity index (χ1v) is 12.7. The molecule has 1 N–H and O–H groups in total. The zero-order valence-electron chi connectivity index (χ0n) is 20.9. The monoisotopic (exact) mass is 498 g/mol. The average Bonchev–Trinajstić information content (AvgIpc) is 2.88. The Labute approximate surface area is 216 Å². The van der Waals surface area contributed by atoms with Crippen molar-refractivity contribution in [3.8, 4) is 17.5 Å². The van der Waals surface area contributed by atoms with E-state index in [-0.39, 0.29) is 6.10 Å². The molecular formula is C27H30N8O2. The van der Waals surface area contributed by atoms with Gasteiger partial charge in [-0.15, -0.1) is 0 Å². The van der Waals surface area contributed by atoms with Gasteiger partial charge in [-0.3, -0.25) is 4.90 Å². The van der Waals surface area contributed by atoms with Gasteiger partial charge < -0.3 is 24.6 Å². The molecule has 0 atom stereocenters. The van der Waals surface area contributed by atoms with Gasteiger partial charge in [0.05, 0.1) is 36.6 Å². The van der Waals surface area contributed by atoms with Crippen molar-refractivity contribution in [2.45, 2.75) is 12.1 Å². The first-order chi connectivity index (χ1) is 18.2. The van der Waals surface area contributed by atoms with Gasteiger partial charge in [0.2, 0.25) is 5.95 Å². The molecule has 190 valence electrons. The standard InChI is InChI=1S/C27H30N8O2/c1-36-24-14-35(15-24)25-7-2-19(12-20(25)13-28)26-29-18-30-27(32-26)31-21-3-5-22(6-4-21)33-8-10-34(11-9-33)23-16-37-17-23/h2-7,12,18,23-24H,8-11,14-17H2,1H3,(H,29,30,31,32). The molecule has 0 bridgehead atoms. The van der Waals surface area contributed by atoms with Gasteiger partial charge in [-0.2, -0.15) is 10.2 Å². The third-order valence-electron chi connectivity index (χ3n) is 7.41. The molecule has 0 radical (unpaired) electrons. The Bertz CT molecular complexity index is 1280. The van der Waals surface area contributed by atoms with Crippen LogP contribution in [0, 0.1) is 11.3 Å². The normalized spacial score (nSPS) is 18.7. The van der Waals surface area contributed by atoms with E-state index in [1.54, 1.807) is 7.11 Å². The Morgan fingerprint density at radius 2 is 1.78 bits per heavy atom. The second-order valence-electron chi connectivity index (χ2n) is 9.63. The summed E-state index contributed by atoms with van der Waals surface area (Å²) in [6, 6.07) is 17.0. The number of nitrogens with zero attached hydrogens (tertiary/aromatic N) is 7. The van der Waals surface area contributed by atoms with Crippen molar-refractivity contribution in [2.75, 3.05) is 74.7 Å². The summed E-state index contributed by atoms with van der Waals surface area (Å²) < 4.78 is 10.7. The van der Waals surface area contributed by atoms with Gasteiger partial charge in [0.15, 0.2) is 5.82 Å². The number of hydrogen-bond donors (Lipinski definition) is 1. The summed E-state index contributed by atoms with van der Waals surface area (Å²) in [4.78, 5) is 20.3. The molecule has 4 heterocycles. The van der Waals surface area contributed by atoms with Crippen molar-refractivity contribution < 1.29 is 9.47 Å². The summed E-state index contributed by atoms with van der Waals surface area (Å²) in [5.41, 5.74) is 4.40. The number of anilines is 4. The highest BCUT2D eigenvalue weighted by Gasteiger charge is 2.29. The lowest BCUT2D eigenvalue weighted by atomic mass is 10.0. The molecule has 10 heteroatoms. The fourth-order valence-corrected chi connectivity index (χ4v) is 4.98. The Kier molecular flexibility index (Phi) is 6.57. The Balaban J connectivity index is 1.10. The van der Waals surface area contributed by atoms with Gasteiger partial charge >= 0.3 is 0 Å². The molecular weight excluding hydrogens is 468 g/mol. The predicted molar refractivity (Wildman–Crippen MR) is 141 cm³/mol. The molecule has 37 heavy (non-hydrogen) atoms. The molecule has 3 saturated heterocycles. The predicted octanol–water partition coefficient (Wildman–Crippen LogP) is 2.51. The van der Waals surface area contributed by atoms with Gasteiger partial charge in [-0.05, 0) is 42.5 Å². The molecule has 0 spiro atoms. The first kappa shape index (κ1) is 23.6. The summed E-state index contributed by atoms with van der Waals surface area (Å²) in [7, 11) is 1.71. The summed E-state index contributed by atoms with van der Waals surface area (Å²) >= 11 is 0. The van der Waals surface area contributed by atoms with E-state index in [2.05, 4.69) is 53.2 Å². The first-order valence-electron chi connectivity index (χ1n) is 12.7. The molecule has 3 aliphatic rings. The lowest BCUT2D eigenvalue weighted by Crippen LogP contribution is -2.56. The smallest absolute Gasteiger partial charge is 0.230 e. The molecule has 0 unspecified atom stereocenters. The fraction of sp³-hybridized carbons (Fsp3) is 0.407. The van der Waals surface area contributed by atoms with Crippen LogP contribution in [0.2, 0.25) is 0 Å². The van der Waals surface area contributed by atoms with Crippen molar-refractivity contribution in [3.63, 3.8) is 0 Å². The van der Waals surface area contributed by atoms with Crippen molar-refractivity contribution in [3.05, 3.63) is 54.4 Å². The summed E-state index contributed by atoms with van der Waals surface area (Å²) in [5, 5.41) is 13.0. The minimum atomic E-state index is 0.218. The zero-order valence-corrected chi connectivity index (χ0v) is 20.9. The Morgan fingerprint density at radius 3 is 2.46 bits per heavy atom. The SMILES string of the molecule is COC1CN(c2ccc(-c3ncnc(Nc4ccc(N5CCN(C6COC6)CC5)cc4)n3)cc2C#N)C1. The Morgan fingerprint density at radius 1 is 1.00 bits per heavy atom. The molecule has 0 aliphatic carbocycles. The number of ether oxygens (including phenoxy) is 2. The van der Waals surface area contributed by atoms with E-state index in [1.807, 2.05) is 30.3 Å². The third kappa shape index (κ3) is 4.93. The lowest BCUT2D eigenvalue weighted by molar-refractivity contribution is -0.0660. The largest absolute Gasteiger partial charge is 0.378 e. The van der Waals surface area contributed by atoms with Gasteiger partial charge in [-0.1, -0.05) is 0 Å². The molecule has 0 saturated carbocycles. The van der Waals surface area contributed by atoms with Crippen molar-refractivity contribution in [1.82, 2.24) is 19.9 Å². The number of rotatable bonds is 7. The fourth-order valence-electron chi connectivity index (χ4n) is 4.98. The van der Waals surface area contributed by atoms with Crippen LogP contribution in [-0.2, 0) is 9.47 Å². The highest BCUT2D eigenvalue weighted by Crippen LogP contribution is 2.30. The minimum absolute atomic E-state index is 0.218. The zero-order chi connectivity index (χ0) is 25.2. The molecule has 6 rings (SSSR count). The maximum Gasteiger partial charge on any atom is 0.230 e. The third-order valence-corrected chi connectivity index (χ3v) is 7.41.